The Bertz CT molecular complexity index is 862. The number of H-pyrrole nitrogens is 1. The molecule has 3 rings (SSSR count). The van der Waals surface area contributed by atoms with Crippen molar-refractivity contribution in [2.24, 2.45) is 5.92 Å². The van der Waals surface area contributed by atoms with Crippen LogP contribution in [0, 0.1) is 5.92 Å². The lowest BCUT2D eigenvalue weighted by Gasteiger charge is -2.41. The molecule has 1 aliphatic carbocycles. The number of aromatic amines is 1. The van der Waals surface area contributed by atoms with Gasteiger partial charge in [-0.2, -0.15) is 0 Å². The molecule has 1 saturated carbocycles. The number of carbonyl (C=O) groups is 1. The predicted octanol–water partition coefficient (Wildman–Crippen LogP) is 0.136. The normalized spacial score (nSPS) is 23.4. The average molecular weight is 437 g/mol. The van der Waals surface area contributed by atoms with Gasteiger partial charge in [-0.25, -0.2) is 4.79 Å². The number of nitrogens with two attached hydrogens (primary N) is 1. The molecule has 1 saturated heterocycles. The summed E-state index contributed by atoms with van der Waals surface area (Å²) in [5, 5.41) is 0. The Labute approximate surface area is 183 Å². The van der Waals surface area contributed by atoms with E-state index in [0.717, 1.165) is 32.2 Å². The first-order valence-corrected chi connectivity index (χ1v) is 11.7. The van der Waals surface area contributed by atoms with Crippen molar-refractivity contribution in [3.63, 3.8) is 0 Å². The van der Waals surface area contributed by atoms with E-state index in [9.17, 15) is 14.4 Å². The number of nitrogens with zero attached hydrogens (tertiary/aromatic N) is 2. The summed E-state index contributed by atoms with van der Waals surface area (Å²) in [5.74, 6) is 0.606. The van der Waals surface area contributed by atoms with E-state index < -0.39 is 11.2 Å². The lowest BCUT2D eigenvalue weighted by molar-refractivity contribution is -0.928. The molecule has 2 fully saturated rings. The highest BCUT2D eigenvalue weighted by molar-refractivity contribution is 5.96. The number of unbranched alkanes of at least 4 members (excludes halogenated alkanes) is 1. The Morgan fingerprint density at radius 1 is 1.26 bits per heavy atom. The van der Waals surface area contributed by atoms with Crippen LogP contribution < -0.4 is 26.8 Å². The number of quaternary nitrogens is 1. The molecule has 9 heteroatoms. The summed E-state index contributed by atoms with van der Waals surface area (Å²) in [4.78, 5) is 43.6. The van der Waals surface area contributed by atoms with Crippen LogP contribution in [-0.4, -0.2) is 54.9 Å². The van der Waals surface area contributed by atoms with Crippen LogP contribution in [0.5, 0.6) is 0 Å². The van der Waals surface area contributed by atoms with Crippen LogP contribution >= 0.6 is 0 Å². The molecule has 2 aliphatic rings. The Morgan fingerprint density at radius 3 is 2.74 bits per heavy atom. The van der Waals surface area contributed by atoms with E-state index in [1.165, 1.54) is 40.1 Å². The Hall–Kier alpha value is -2.13. The summed E-state index contributed by atoms with van der Waals surface area (Å²) in [6.45, 7) is 4.22. The molecule has 1 unspecified atom stereocenters. The summed E-state index contributed by atoms with van der Waals surface area (Å²) < 4.78 is 6.56. The fraction of sp³-hybridized carbons (Fsp3) is 0.773. The standard InChI is InChI=1S/C22H37N5O4/c1-3-4-12-27-20(23)19(21(29)24-22(27)30)26(13-14-31-2)18(28)15-25-11-7-9-16-8-5-6-10-17(16)25/h16-17H,3-15,23H2,1-2H3,(H,24,29,30)/p+1/t16-,17-/m0/s1. The smallest absolute Gasteiger partial charge is 0.330 e. The summed E-state index contributed by atoms with van der Waals surface area (Å²) >= 11 is 0. The van der Waals surface area contributed by atoms with Crippen LogP contribution in [0.2, 0.25) is 0 Å². The highest BCUT2D eigenvalue weighted by Gasteiger charge is 2.38. The van der Waals surface area contributed by atoms with E-state index in [0.29, 0.717) is 25.0 Å². The molecule has 4 N–H and O–H groups in total. The number of nitrogens with one attached hydrogen (secondary N) is 2. The number of aromatic nitrogens is 2. The topological polar surface area (TPSA) is 115 Å². The molecule has 1 aromatic rings. The molecule has 3 atom stereocenters. The van der Waals surface area contributed by atoms with E-state index in [1.807, 2.05) is 6.92 Å². The van der Waals surface area contributed by atoms with Gasteiger partial charge >= 0.3 is 5.69 Å². The van der Waals surface area contributed by atoms with Gasteiger partial charge in [0, 0.05) is 26.1 Å². The molecule has 0 bridgehead atoms. The molecule has 2 heterocycles. The van der Waals surface area contributed by atoms with Crippen LogP contribution in [0.4, 0.5) is 11.5 Å². The van der Waals surface area contributed by atoms with Crippen LogP contribution in [0.15, 0.2) is 9.59 Å². The lowest BCUT2D eigenvalue weighted by Crippen LogP contribution is -3.18. The summed E-state index contributed by atoms with van der Waals surface area (Å²) in [7, 11) is 1.56. The minimum Gasteiger partial charge on any atom is -0.383 e. The highest BCUT2D eigenvalue weighted by atomic mass is 16.5. The maximum atomic E-state index is 13.5. The van der Waals surface area contributed by atoms with Gasteiger partial charge in [-0.3, -0.25) is 24.0 Å². The number of likely N-dealkylation sites (tertiary alicyclic amines) is 1. The van der Waals surface area contributed by atoms with Crippen molar-refractivity contribution >= 4 is 17.4 Å². The van der Waals surface area contributed by atoms with Gasteiger partial charge in [0.05, 0.1) is 19.2 Å². The molecular weight excluding hydrogens is 398 g/mol. The van der Waals surface area contributed by atoms with E-state index in [2.05, 4.69) is 4.98 Å². The number of fused-ring (bicyclic) bond motifs is 1. The quantitative estimate of drug-likeness (QED) is 0.509. The number of piperidine rings is 1. The van der Waals surface area contributed by atoms with Gasteiger partial charge in [0.1, 0.15) is 5.82 Å². The molecule has 9 nitrogen and oxygen atoms in total. The lowest BCUT2D eigenvalue weighted by atomic mass is 9.78. The molecule has 1 aromatic heterocycles. The minimum atomic E-state index is -0.621. The van der Waals surface area contributed by atoms with Crippen LogP contribution in [0.25, 0.3) is 0 Å². The molecule has 0 radical (unpaired) electrons. The summed E-state index contributed by atoms with van der Waals surface area (Å²) in [5.41, 5.74) is 5.18. The first-order chi connectivity index (χ1) is 15.0. The summed E-state index contributed by atoms with van der Waals surface area (Å²) in [6.07, 6.45) is 8.95. The second kappa shape index (κ2) is 10.9. The zero-order valence-corrected chi connectivity index (χ0v) is 19.0. The first kappa shape index (κ1) is 23.5. The van der Waals surface area contributed by atoms with E-state index >= 15 is 0 Å². The third kappa shape index (κ3) is 5.38. The second-order valence-corrected chi connectivity index (χ2v) is 8.91. The van der Waals surface area contributed by atoms with Crippen molar-refractivity contribution in [3.05, 3.63) is 20.8 Å². The molecule has 1 amide bonds. The van der Waals surface area contributed by atoms with Gasteiger partial charge < -0.3 is 15.4 Å². The maximum Gasteiger partial charge on any atom is 0.330 e. The highest BCUT2D eigenvalue weighted by Crippen LogP contribution is 2.28. The first-order valence-electron chi connectivity index (χ1n) is 11.7. The number of nitrogen functional groups attached to an aromatic ring is 1. The number of ether oxygens (including phenoxy) is 1. The van der Waals surface area contributed by atoms with E-state index in [4.69, 9.17) is 10.5 Å². The van der Waals surface area contributed by atoms with Crippen molar-refractivity contribution < 1.29 is 14.4 Å². The third-order valence-electron chi connectivity index (χ3n) is 6.92. The van der Waals surface area contributed by atoms with Crippen molar-refractivity contribution in [2.75, 3.05) is 44.0 Å². The number of hydrogen-bond donors (Lipinski definition) is 3. The van der Waals surface area contributed by atoms with Crippen LogP contribution in [0.1, 0.15) is 58.3 Å². The molecule has 174 valence electrons. The zero-order chi connectivity index (χ0) is 22.4. The van der Waals surface area contributed by atoms with Crippen LogP contribution in [0.3, 0.4) is 0 Å². The van der Waals surface area contributed by atoms with E-state index in [-0.39, 0.29) is 30.6 Å². The van der Waals surface area contributed by atoms with Crippen molar-refractivity contribution in [2.45, 2.75) is 70.9 Å². The largest absolute Gasteiger partial charge is 0.383 e. The number of anilines is 2. The monoisotopic (exact) mass is 436 g/mol. The van der Waals surface area contributed by atoms with Gasteiger partial charge in [-0.05, 0) is 38.5 Å². The number of methoxy groups -OCH3 is 1. The van der Waals surface area contributed by atoms with E-state index in [1.54, 1.807) is 7.11 Å². The predicted molar refractivity (Wildman–Crippen MR) is 121 cm³/mol. The summed E-state index contributed by atoms with van der Waals surface area (Å²) in [6, 6.07) is 0.518. The molecule has 0 spiro atoms. The third-order valence-corrected chi connectivity index (χ3v) is 6.92. The minimum absolute atomic E-state index is 0.0517. The van der Waals surface area contributed by atoms with Gasteiger partial charge in [0.25, 0.3) is 11.5 Å². The number of amides is 1. The van der Waals surface area contributed by atoms with Crippen molar-refractivity contribution in [3.8, 4) is 0 Å². The Morgan fingerprint density at radius 2 is 2.00 bits per heavy atom. The molecule has 1 aliphatic heterocycles. The van der Waals surface area contributed by atoms with Crippen molar-refractivity contribution in [1.29, 1.82) is 0 Å². The average Bonchev–Trinajstić information content (AvgIpc) is 2.76. The number of carbonyl (C=O) groups excluding carboxylic acids is 1. The zero-order valence-electron chi connectivity index (χ0n) is 19.0. The Balaban J connectivity index is 1.88. The number of rotatable bonds is 9. The second-order valence-electron chi connectivity index (χ2n) is 8.91. The number of hydrogen-bond acceptors (Lipinski definition) is 5. The van der Waals surface area contributed by atoms with Crippen molar-refractivity contribution in [1.82, 2.24) is 9.55 Å². The SMILES string of the molecule is CCCCn1c(N)c(N(CCOC)C(=O)C[NH+]2CCC[C@@H]3CCCC[C@@H]32)c(=O)[nH]c1=O. The molecule has 31 heavy (non-hydrogen) atoms. The Kier molecular flexibility index (Phi) is 8.31. The molecular formula is C22H38N5O4+. The van der Waals surface area contributed by atoms with Gasteiger partial charge in [0.15, 0.2) is 12.2 Å². The molecule has 0 aromatic carbocycles. The van der Waals surface area contributed by atoms with Gasteiger partial charge in [0.2, 0.25) is 0 Å². The van der Waals surface area contributed by atoms with Crippen LogP contribution in [-0.2, 0) is 16.1 Å². The maximum absolute atomic E-state index is 13.5. The van der Waals surface area contributed by atoms with Gasteiger partial charge in [-0.1, -0.05) is 19.8 Å². The fourth-order valence-electron chi connectivity index (χ4n) is 5.30. The van der Waals surface area contributed by atoms with Gasteiger partial charge in [-0.15, -0.1) is 0 Å². The fourth-order valence-corrected chi connectivity index (χ4v) is 5.30.